The average molecular weight is 342 g/mol. The Hall–Kier alpha value is -1.62. The first-order valence-corrected chi connectivity index (χ1v) is 8.56. The highest BCUT2D eigenvalue weighted by molar-refractivity contribution is 5.87. The van der Waals surface area contributed by atoms with Gasteiger partial charge in [0.15, 0.2) is 0 Å². The standard InChI is InChI=1S/C12H22O2.C7H12O3/c1-5-7-8-11(6-2)9-14-12(13)10(3)4;1-6(2)7(9)10-5-3-4-8/h11H,3,5-9H2,1-2,4H3;8H,1,3-5H2,2H3. The molecule has 0 spiro atoms. The van der Waals surface area contributed by atoms with Crippen molar-refractivity contribution in [2.24, 2.45) is 5.92 Å². The lowest BCUT2D eigenvalue weighted by Crippen LogP contribution is -2.14. The highest BCUT2D eigenvalue weighted by Gasteiger charge is 2.09. The molecule has 140 valence electrons. The van der Waals surface area contributed by atoms with Crippen LogP contribution in [0.25, 0.3) is 0 Å². The Kier molecular flexibility index (Phi) is 16.7. The van der Waals surface area contributed by atoms with Gasteiger partial charge in [-0.2, -0.15) is 0 Å². The summed E-state index contributed by atoms with van der Waals surface area (Å²) >= 11 is 0. The van der Waals surface area contributed by atoms with E-state index in [1.165, 1.54) is 12.8 Å². The molecule has 0 aromatic rings. The molecule has 0 radical (unpaired) electrons. The van der Waals surface area contributed by atoms with Crippen LogP contribution >= 0.6 is 0 Å². The van der Waals surface area contributed by atoms with Crippen molar-refractivity contribution < 1.29 is 24.2 Å². The molecule has 1 atom stereocenters. The Morgan fingerprint density at radius 1 is 1.00 bits per heavy atom. The van der Waals surface area contributed by atoms with Gasteiger partial charge in [-0.1, -0.05) is 46.3 Å². The van der Waals surface area contributed by atoms with Crippen LogP contribution in [-0.2, 0) is 19.1 Å². The van der Waals surface area contributed by atoms with E-state index in [9.17, 15) is 9.59 Å². The third kappa shape index (κ3) is 15.3. The molecule has 0 rings (SSSR count). The maximum Gasteiger partial charge on any atom is 0.333 e. The summed E-state index contributed by atoms with van der Waals surface area (Å²) in [5.41, 5.74) is 0.869. The van der Waals surface area contributed by atoms with Gasteiger partial charge in [-0.05, 0) is 26.2 Å². The number of aliphatic hydroxyl groups excluding tert-OH is 1. The molecule has 0 heterocycles. The van der Waals surface area contributed by atoms with E-state index in [0.29, 0.717) is 30.1 Å². The molecule has 0 aromatic carbocycles. The normalized spacial score (nSPS) is 10.9. The van der Waals surface area contributed by atoms with Crippen LogP contribution in [0.15, 0.2) is 24.3 Å². The summed E-state index contributed by atoms with van der Waals surface area (Å²) < 4.78 is 9.76. The second-order valence-corrected chi connectivity index (χ2v) is 5.79. The Balaban J connectivity index is 0. The van der Waals surface area contributed by atoms with Gasteiger partial charge in [0.2, 0.25) is 0 Å². The van der Waals surface area contributed by atoms with Crippen LogP contribution in [0.1, 0.15) is 59.8 Å². The molecule has 0 aliphatic carbocycles. The molecule has 0 fully saturated rings. The zero-order valence-electron chi connectivity index (χ0n) is 15.7. The minimum atomic E-state index is -0.395. The highest BCUT2D eigenvalue weighted by Crippen LogP contribution is 2.13. The number of rotatable bonds is 11. The average Bonchev–Trinajstić information content (AvgIpc) is 2.55. The van der Waals surface area contributed by atoms with Crippen LogP contribution in [0.2, 0.25) is 0 Å². The number of esters is 2. The number of unbranched alkanes of at least 4 members (excludes halogenated alkanes) is 1. The third-order valence-electron chi connectivity index (χ3n) is 3.23. The Morgan fingerprint density at radius 3 is 1.96 bits per heavy atom. The van der Waals surface area contributed by atoms with E-state index in [2.05, 4.69) is 31.7 Å². The quantitative estimate of drug-likeness (QED) is 0.351. The number of carbonyl (C=O) groups excluding carboxylic acids is 2. The van der Waals surface area contributed by atoms with Crippen LogP contribution < -0.4 is 0 Å². The summed E-state index contributed by atoms with van der Waals surface area (Å²) in [5, 5.41) is 8.30. The Morgan fingerprint density at radius 2 is 1.54 bits per heavy atom. The van der Waals surface area contributed by atoms with Crippen molar-refractivity contribution in [2.45, 2.75) is 59.8 Å². The predicted molar refractivity (Wildman–Crippen MR) is 96.6 cm³/mol. The molecule has 24 heavy (non-hydrogen) atoms. The molecule has 0 bridgehead atoms. The van der Waals surface area contributed by atoms with Gasteiger partial charge in [-0.3, -0.25) is 0 Å². The fourth-order valence-electron chi connectivity index (χ4n) is 1.57. The van der Waals surface area contributed by atoms with Crippen molar-refractivity contribution in [1.82, 2.24) is 0 Å². The smallest absolute Gasteiger partial charge is 0.333 e. The van der Waals surface area contributed by atoms with Crippen LogP contribution in [0.4, 0.5) is 0 Å². The maximum absolute atomic E-state index is 11.1. The van der Waals surface area contributed by atoms with E-state index in [1.54, 1.807) is 13.8 Å². The van der Waals surface area contributed by atoms with Crippen LogP contribution in [-0.4, -0.2) is 36.9 Å². The number of aliphatic hydroxyl groups is 1. The minimum Gasteiger partial charge on any atom is -0.462 e. The summed E-state index contributed by atoms with van der Waals surface area (Å²) in [6, 6.07) is 0. The van der Waals surface area contributed by atoms with E-state index in [1.807, 2.05) is 0 Å². The van der Waals surface area contributed by atoms with Crippen molar-refractivity contribution in [3.05, 3.63) is 24.3 Å². The summed E-state index contributed by atoms with van der Waals surface area (Å²) in [4.78, 5) is 21.7. The number of hydrogen-bond donors (Lipinski definition) is 1. The molecule has 0 aliphatic heterocycles. The van der Waals surface area contributed by atoms with Crippen molar-refractivity contribution in [3.8, 4) is 0 Å². The molecule has 0 amide bonds. The third-order valence-corrected chi connectivity index (χ3v) is 3.23. The molecule has 5 heteroatoms. The Labute approximate surface area is 146 Å². The molecule has 0 aromatic heterocycles. The summed E-state index contributed by atoms with van der Waals surface area (Å²) in [6.07, 6.45) is 5.12. The van der Waals surface area contributed by atoms with E-state index < -0.39 is 5.97 Å². The summed E-state index contributed by atoms with van der Waals surface area (Å²) in [5.74, 6) is -0.147. The fourth-order valence-corrected chi connectivity index (χ4v) is 1.57. The summed E-state index contributed by atoms with van der Waals surface area (Å²) in [6.45, 7) is 15.4. The maximum atomic E-state index is 11.1. The zero-order valence-corrected chi connectivity index (χ0v) is 15.7. The van der Waals surface area contributed by atoms with E-state index in [-0.39, 0.29) is 19.2 Å². The number of ether oxygens (including phenoxy) is 2. The molecule has 5 nitrogen and oxygen atoms in total. The zero-order chi connectivity index (χ0) is 19.0. The molecular formula is C19H34O5. The largest absolute Gasteiger partial charge is 0.462 e. The first-order valence-electron chi connectivity index (χ1n) is 8.56. The van der Waals surface area contributed by atoms with Crippen molar-refractivity contribution in [2.75, 3.05) is 19.8 Å². The van der Waals surface area contributed by atoms with E-state index in [4.69, 9.17) is 9.84 Å². The van der Waals surface area contributed by atoms with E-state index >= 15 is 0 Å². The second-order valence-electron chi connectivity index (χ2n) is 5.79. The first-order chi connectivity index (χ1) is 11.3. The van der Waals surface area contributed by atoms with Gasteiger partial charge in [-0.15, -0.1) is 0 Å². The van der Waals surface area contributed by atoms with Crippen LogP contribution in [0.3, 0.4) is 0 Å². The van der Waals surface area contributed by atoms with Crippen LogP contribution in [0, 0.1) is 5.92 Å². The molecule has 0 saturated heterocycles. The molecule has 1 unspecified atom stereocenters. The Bertz CT molecular complexity index is 387. The van der Waals surface area contributed by atoms with Gasteiger partial charge in [-0.25, -0.2) is 9.59 Å². The van der Waals surface area contributed by atoms with Crippen molar-refractivity contribution in [1.29, 1.82) is 0 Å². The van der Waals surface area contributed by atoms with Crippen LogP contribution in [0.5, 0.6) is 0 Å². The lowest BCUT2D eigenvalue weighted by molar-refractivity contribution is -0.140. The monoisotopic (exact) mass is 342 g/mol. The SMILES string of the molecule is C=C(C)C(=O)OCC(CC)CCCC.C=C(C)C(=O)OCCCO. The predicted octanol–water partition coefficient (Wildman–Crippen LogP) is 3.81. The molecule has 0 saturated carbocycles. The first kappa shape index (κ1) is 24.6. The molecule has 1 N–H and O–H groups in total. The van der Waals surface area contributed by atoms with Gasteiger partial charge >= 0.3 is 11.9 Å². The van der Waals surface area contributed by atoms with Crippen molar-refractivity contribution in [3.63, 3.8) is 0 Å². The highest BCUT2D eigenvalue weighted by atomic mass is 16.5. The molecular weight excluding hydrogens is 308 g/mol. The van der Waals surface area contributed by atoms with Gasteiger partial charge in [0, 0.05) is 24.2 Å². The topological polar surface area (TPSA) is 72.8 Å². The van der Waals surface area contributed by atoms with Gasteiger partial charge in [0.25, 0.3) is 0 Å². The summed E-state index contributed by atoms with van der Waals surface area (Å²) in [7, 11) is 0. The lowest BCUT2D eigenvalue weighted by Gasteiger charge is -2.14. The van der Waals surface area contributed by atoms with Gasteiger partial charge in [0.05, 0.1) is 13.2 Å². The molecule has 0 aliphatic rings. The fraction of sp³-hybridized carbons (Fsp3) is 0.684. The minimum absolute atomic E-state index is 0.0451. The number of carbonyl (C=O) groups is 2. The van der Waals surface area contributed by atoms with Crippen molar-refractivity contribution >= 4 is 11.9 Å². The van der Waals surface area contributed by atoms with Gasteiger partial charge < -0.3 is 14.6 Å². The second kappa shape index (κ2) is 16.2. The number of hydrogen-bond acceptors (Lipinski definition) is 5. The lowest BCUT2D eigenvalue weighted by atomic mass is 10.0. The van der Waals surface area contributed by atoms with Gasteiger partial charge in [0.1, 0.15) is 0 Å². The van der Waals surface area contributed by atoms with E-state index in [0.717, 1.165) is 12.8 Å².